The second kappa shape index (κ2) is 8.44. The summed E-state index contributed by atoms with van der Waals surface area (Å²) < 4.78 is 9.90. The summed E-state index contributed by atoms with van der Waals surface area (Å²) in [5.41, 5.74) is 0.522. The van der Waals surface area contributed by atoms with E-state index in [0.717, 1.165) is 0 Å². The van der Waals surface area contributed by atoms with Gasteiger partial charge < -0.3 is 14.8 Å². The molecule has 0 aliphatic rings. The maximum atomic E-state index is 11.8. The summed E-state index contributed by atoms with van der Waals surface area (Å²) in [5, 5.41) is 13.2. The third-order valence-electron chi connectivity index (χ3n) is 3.25. The number of rotatable bonds is 7. The monoisotopic (exact) mass is 344 g/mol. The Morgan fingerprint density at radius 1 is 1.12 bits per heavy atom. The van der Waals surface area contributed by atoms with Crippen LogP contribution in [0.2, 0.25) is 0 Å². The molecule has 0 spiro atoms. The number of hydrogen-bond acceptors (Lipinski definition) is 6. The number of esters is 1. The van der Waals surface area contributed by atoms with Crippen LogP contribution in [-0.4, -0.2) is 30.5 Å². The fourth-order valence-corrected chi connectivity index (χ4v) is 2.03. The van der Waals surface area contributed by atoms with Gasteiger partial charge in [0.15, 0.2) is 6.61 Å². The SMILES string of the molecule is COc1ccc(CC(=O)OCC(=O)Nc2ccccc2[N+](=O)[O-])cc1. The summed E-state index contributed by atoms with van der Waals surface area (Å²) in [7, 11) is 1.54. The summed E-state index contributed by atoms with van der Waals surface area (Å²) in [5.74, 6) is -0.568. The average Bonchev–Trinajstić information content (AvgIpc) is 2.61. The molecule has 0 bridgehead atoms. The van der Waals surface area contributed by atoms with Crippen LogP contribution >= 0.6 is 0 Å². The average molecular weight is 344 g/mol. The summed E-state index contributed by atoms with van der Waals surface area (Å²) in [6.45, 7) is -0.527. The van der Waals surface area contributed by atoms with Crippen LogP contribution in [-0.2, 0) is 20.7 Å². The first kappa shape index (κ1) is 17.9. The first-order chi connectivity index (χ1) is 12.0. The molecule has 2 aromatic carbocycles. The number of nitrogens with zero attached hydrogens (tertiary/aromatic N) is 1. The molecule has 0 aliphatic heterocycles. The van der Waals surface area contributed by atoms with Crippen molar-refractivity contribution in [1.29, 1.82) is 0 Å². The van der Waals surface area contributed by atoms with Gasteiger partial charge in [-0.25, -0.2) is 0 Å². The van der Waals surface area contributed by atoms with Gasteiger partial charge in [-0.3, -0.25) is 19.7 Å². The van der Waals surface area contributed by atoms with E-state index in [-0.39, 0.29) is 17.8 Å². The fourth-order valence-electron chi connectivity index (χ4n) is 2.03. The van der Waals surface area contributed by atoms with Crippen LogP contribution in [0.25, 0.3) is 0 Å². The molecular formula is C17H16N2O6. The molecule has 130 valence electrons. The minimum absolute atomic E-state index is 0.00274. The second-order valence-corrected chi connectivity index (χ2v) is 5.01. The fraction of sp³-hybridized carbons (Fsp3) is 0.176. The lowest BCUT2D eigenvalue weighted by molar-refractivity contribution is -0.383. The van der Waals surface area contributed by atoms with Gasteiger partial charge in [0.05, 0.1) is 18.5 Å². The van der Waals surface area contributed by atoms with E-state index >= 15 is 0 Å². The number of carbonyl (C=O) groups excluding carboxylic acids is 2. The number of para-hydroxylation sites is 2. The molecule has 0 atom stereocenters. The molecule has 2 rings (SSSR count). The van der Waals surface area contributed by atoms with Crippen molar-refractivity contribution < 1.29 is 24.0 Å². The maximum Gasteiger partial charge on any atom is 0.310 e. The molecule has 0 saturated heterocycles. The van der Waals surface area contributed by atoms with E-state index in [1.54, 1.807) is 37.4 Å². The van der Waals surface area contributed by atoms with Gasteiger partial charge in [-0.05, 0) is 23.8 Å². The Morgan fingerprint density at radius 2 is 1.80 bits per heavy atom. The topological polar surface area (TPSA) is 108 Å². The number of nitro benzene ring substituents is 1. The lowest BCUT2D eigenvalue weighted by atomic mass is 10.1. The number of hydrogen-bond donors (Lipinski definition) is 1. The Morgan fingerprint density at radius 3 is 2.44 bits per heavy atom. The van der Waals surface area contributed by atoms with Gasteiger partial charge in [-0.2, -0.15) is 0 Å². The zero-order valence-electron chi connectivity index (χ0n) is 13.4. The zero-order valence-corrected chi connectivity index (χ0v) is 13.4. The Kier molecular flexibility index (Phi) is 6.05. The smallest absolute Gasteiger partial charge is 0.310 e. The minimum atomic E-state index is -0.655. The predicted molar refractivity (Wildman–Crippen MR) is 89.4 cm³/mol. The summed E-state index contributed by atoms with van der Waals surface area (Å²) in [4.78, 5) is 33.8. The number of anilines is 1. The van der Waals surface area contributed by atoms with Crippen molar-refractivity contribution in [3.63, 3.8) is 0 Å². The second-order valence-electron chi connectivity index (χ2n) is 5.01. The third kappa shape index (κ3) is 5.31. The Hall–Kier alpha value is -3.42. The Bertz CT molecular complexity index is 773. The highest BCUT2D eigenvalue weighted by Crippen LogP contribution is 2.22. The lowest BCUT2D eigenvalue weighted by Gasteiger charge is -2.07. The number of carbonyl (C=O) groups is 2. The molecule has 0 radical (unpaired) electrons. The molecule has 0 heterocycles. The van der Waals surface area contributed by atoms with Crippen LogP contribution in [0.3, 0.4) is 0 Å². The van der Waals surface area contributed by atoms with Crippen molar-refractivity contribution in [3.8, 4) is 5.75 Å². The first-order valence-electron chi connectivity index (χ1n) is 7.31. The molecule has 0 aromatic heterocycles. The minimum Gasteiger partial charge on any atom is -0.497 e. The summed E-state index contributed by atoms with van der Waals surface area (Å²) >= 11 is 0. The maximum absolute atomic E-state index is 11.8. The van der Waals surface area contributed by atoms with Crippen molar-refractivity contribution in [2.75, 3.05) is 19.0 Å². The molecule has 0 unspecified atom stereocenters. The number of nitro groups is 1. The van der Waals surface area contributed by atoms with Gasteiger partial charge >= 0.3 is 5.97 Å². The van der Waals surface area contributed by atoms with Crippen LogP contribution in [0.4, 0.5) is 11.4 Å². The molecule has 1 amide bonds. The van der Waals surface area contributed by atoms with Crippen molar-refractivity contribution in [1.82, 2.24) is 0 Å². The first-order valence-corrected chi connectivity index (χ1v) is 7.31. The molecule has 1 N–H and O–H groups in total. The number of benzene rings is 2. The highest BCUT2D eigenvalue weighted by molar-refractivity contribution is 5.94. The Labute approximate surface area is 143 Å². The molecule has 2 aromatic rings. The van der Waals surface area contributed by atoms with E-state index in [0.29, 0.717) is 11.3 Å². The van der Waals surface area contributed by atoms with Gasteiger partial charge in [-0.15, -0.1) is 0 Å². The predicted octanol–water partition coefficient (Wildman–Crippen LogP) is 2.33. The van der Waals surface area contributed by atoms with Crippen molar-refractivity contribution in [2.45, 2.75) is 6.42 Å². The van der Waals surface area contributed by atoms with Crippen LogP contribution in [0, 0.1) is 10.1 Å². The van der Waals surface area contributed by atoms with Gasteiger partial charge in [0.1, 0.15) is 11.4 Å². The van der Waals surface area contributed by atoms with Crippen LogP contribution < -0.4 is 10.1 Å². The number of ether oxygens (including phenoxy) is 2. The van der Waals surface area contributed by atoms with Crippen molar-refractivity contribution >= 4 is 23.3 Å². The largest absolute Gasteiger partial charge is 0.497 e. The normalized spacial score (nSPS) is 9.96. The number of amides is 1. The quantitative estimate of drug-likeness (QED) is 0.469. The Balaban J connectivity index is 1.85. The summed E-state index contributed by atoms with van der Waals surface area (Å²) in [6.07, 6.45) is 0.00274. The lowest BCUT2D eigenvalue weighted by Crippen LogP contribution is -2.22. The van der Waals surface area contributed by atoms with Gasteiger partial charge in [0, 0.05) is 6.07 Å². The zero-order chi connectivity index (χ0) is 18.2. The van der Waals surface area contributed by atoms with E-state index in [9.17, 15) is 19.7 Å². The van der Waals surface area contributed by atoms with Crippen LogP contribution in [0.15, 0.2) is 48.5 Å². The third-order valence-corrected chi connectivity index (χ3v) is 3.25. The summed E-state index contributed by atoms with van der Waals surface area (Å²) in [6, 6.07) is 12.6. The molecule has 0 fully saturated rings. The number of methoxy groups -OCH3 is 1. The standard InChI is InChI=1S/C17H16N2O6/c1-24-13-8-6-12(7-9-13)10-17(21)25-11-16(20)18-14-4-2-3-5-15(14)19(22)23/h2-9H,10-11H2,1H3,(H,18,20). The van der Waals surface area contributed by atoms with Gasteiger partial charge in [0.2, 0.25) is 0 Å². The molecule has 0 saturated carbocycles. The van der Waals surface area contributed by atoms with E-state index in [2.05, 4.69) is 5.32 Å². The molecule has 0 aliphatic carbocycles. The van der Waals surface area contributed by atoms with E-state index in [1.807, 2.05) is 0 Å². The number of nitrogens with one attached hydrogen (secondary N) is 1. The van der Waals surface area contributed by atoms with E-state index in [4.69, 9.17) is 9.47 Å². The van der Waals surface area contributed by atoms with E-state index in [1.165, 1.54) is 18.2 Å². The van der Waals surface area contributed by atoms with Crippen LogP contribution in [0.1, 0.15) is 5.56 Å². The molecule has 25 heavy (non-hydrogen) atoms. The van der Waals surface area contributed by atoms with Gasteiger partial charge in [-0.1, -0.05) is 24.3 Å². The molecule has 8 heteroatoms. The molecule has 8 nitrogen and oxygen atoms in total. The van der Waals surface area contributed by atoms with Gasteiger partial charge in [0.25, 0.3) is 11.6 Å². The molecular weight excluding hydrogens is 328 g/mol. The highest BCUT2D eigenvalue weighted by atomic mass is 16.6. The van der Waals surface area contributed by atoms with Crippen LogP contribution in [0.5, 0.6) is 5.75 Å². The van der Waals surface area contributed by atoms with Crippen molar-refractivity contribution in [2.24, 2.45) is 0 Å². The van der Waals surface area contributed by atoms with Crippen molar-refractivity contribution in [3.05, 3.63) is 64.2 Å². The highest BCUT2D eigenvalue weighted by Gasteiger charge is 2.15. The van der Waals surface area contributed by atoms with E-state index < -0.39 is 23.4 Å².